The van der Waals surface area contributed by atoms with E-state index in [0.29, 0.717) is 25.2 Å². The van der Waals surface area contributed by atoms with E-state index in [1.807, 2.05) is 35.2 Å². The predicted octanol–water partition coefficient (Wildman–Crippen LogP) is 2.53. The van der Waals surface area contributed by atoms with Gasteiger partial charge in [0, 0.05) is 38.0 Å². The van der Waals surface area contributed by atoms with Gasteiger partial charge in [-0.25, -0.2) is 8.78 Å². The van der Waals surface area contributed by atoms with Crippen LogP contribution in [0.2, 0.25) is 0 Å². The molecule has 0 saturated carbocycles. The summed E-state index contributed by atoms with van der Waals surface area (Å²) in [6.45, 7) is 2.85. The highest BCUT2D eigenvalue weighted by molar-refractivity contribution is 5.77. The number of hydrogen-bond donors (Lipinski definition) is 1. The van der Waals surface area contributed by atoms with Gasteiger partial charge in [-0.2, -0.15) is 0 Å². The topological polar surface area (TPSA) is 43.8 Å². The fourth-order valence-electron chi connectivity index (χ4n) is 4.93. The minimum atomic E-state index is -0.460. The molecule has 6 heteroatoms. The average Bonchev–Trinajstić information content (AvgIpc) is 2.59. The second-order valence-electron chi connectivity index (χ2n) is 7.51. The van der Waals surface area contributed by atoms with Crippen molar-refractivity contribution in [3.63, 3.8) is 0 Å². The number of aliphatic hydroxyl groups is 1. The Balaban J connectivity index is 1.57. The lowest BCUT2D eigenvalue weighted by Gasteiger charge is -2.70. The third-order valence-electron chi connectivity index (χ3n) is 5.86. The molecule has 2 aliphatic rings. The molecule has 2 saturated heterocycles. The maximum atomic E-state index is 14.0. The molecule has 0 unspecified atom stereocenters. The lowest BCUT2D eigenvalue weighted by atomic mass is 9.60. The van der Waals surface area contributed by atoms with Gasteiger partial charge < -0.3 is 10.0 Å². The molecule has 4 nitrogen and oxygen atoms in total. The molecule has 2 aromatic carbocycles. The van der Waals surface area contributed by atoms with Crippen LogP contribution in [0.1, 0.15) is 24.0 Å². The Labute approximate surface area is 157 Å². The third-order valence-corrected chi connectivity index (χ3v) is 5.86. The van der Waals surface area contributed by atoms with Gasteiger partial charge in [-0.05, 0) is 23.8 Å². The normalized spacial score (nSPS) is 23.8. The molecular formula is C21H22F2N2O2. The van der Waals surface area contributed by atoms with Crippen molar-refractivity contribution in [2.24, 2.45) is 0 Å². The first-order chi connectivity index (χ1) is 13.0. The number of aliphatic hydroxyl groups excluding tert-OH is 1. The number of benzene rings is 2. The minimum Gasteiger partial charge on any atom is -0.394 e. The van der Waals surface area contributed by atoms with Crippen LogP contribution >= 0.6 is 0 Å². The molecule has 0 radical (unpaired) electrons. The van der Waals surface area contributed by atoms with Gasteiger partial charge in [0.05, 0.1) is 18.2 Å². The molecule has 4 rings (SSSR count). The largest absolute Gasteiger partial charge is 0.394 e. The molecule has 0 bridgehead atoms. The number of nitrogens with zero attached hydrogens (tertiary/aromatic N) is 2. The predicted molar refractivity (Wildman–Crippen MR) is 96.9 cm³/mol. The first-order valence-corrected chi connectivity index (χ1v) is 9.08. The second kappa shape index (κ2) is 6.69. The van der Waals surface area contributed by atoms with Gasteiger partial charge in [-0.3, -0.25) is 9.69 Å². The zero-order valence-electron chi connectivity index (χ0n) is 15.1. The molecule has 2 atom stereocenters. The monoisotopic (exact) mass is 372 g/mol. The Morgan fingerprint density at radius 2 is 1.89 bits per heavy atom. The van der Waals surface area contributed by atoms with Crippen molar-refractivity contribution in [1.82, 2.24) is 9.80 Å². The van der Waals surface area contributed by atoms with Crippen molar-refractivity contribution in [3.8, 4) is 0 Å². The smallest absolute Gasteiger partial charge is 0.220 e. The van der Waals surface area contributed by atoms with Crippen LogP contribution in [0.25, 0.3) is 0 Å². The summed E-state index contributed by atoms with van der Waals surface area (Å²) in [5.41, 5.74) is 1.00. The molecular weight excluding hydrogens is 350 g/mol. The van der Waals surface area contributed by atoms with Crippen molar-refractivity contribution < 1.29 is 18.7 Å². The minimum absolute atomic E-state index is 0.0289. The van der Waals surface area contributed by atoms with E-state index in [-0.39, 0.29) is 24.5 Å². The van der Waals surface area contributed by atoms with Crippen LogP contribution in [0, 0.1) is 11.6 Å². The molecule has 2 fully saturated rings. The Morgan fingerprint density at radius 3 is 2.52 bits per heavy atom. The molecule has 2 aromatic rings. The van der Waals surface area contributed by atoms with Crippen LogP contribution in [0.4, 0.5) is 8.78 Å². The summed E-state index contributed by atoms with van der Waals surface area (Å²) in [5, 5.41) is 9.86. The van der Waals surface area contributed by atoms with Gasteiger partial charge in [0.25, 0.3) is 0 Å². The lowest BCUT2D eigenvalue weighted by molar-refractivity contribution is -0.199. The van der Waals surface area contributed by atoms with Crippen molar-refractivity contribution >= 4 is 5.91 Å². The first-order valence-electron chi connectivity index (χ1n) is 9.08. The van der Waals surface area contributed by atoms with E-state index in [4.69, 9.17) is 0 Å². The van der Waals surface area contributed by atoms with Crippen molar-refractivity contribution in [2.45, 2.75) is 31.0 Å². The second-order valence-corrected chi connectivity index (χ2v) is 7.51. The maximum absolute atomic E-state index is 14.0. The van der Waals surface area contributed by atoms with Gasteiger partial charge in [-0.1, -0.05) is 30.3 Å². The molecule has 142 valence electrons. The Bertz CT molecular complexity index is 853. The number of carbonyl (C=O) groups excluding carboxylic acids is 1. The van der Waals surface area contributed by atoms with Crippen molar-refractivity contribution in [1.29, 1.82) is 0 Å². The van der Waals surface area contributed by atoms with E-state index in [1.165, 1.54) is 13.0 Å². The molecule has 0 aliphatic carbocycles. The SMILES string of the molecule is CC(=O)N1[C@@H](CO)[C@@H](c2ccccc2)C12CN(Cc1cc(F)ccc1F)C2. The Morgan fingerprint density at radius 1 is 1.19 bits per heavy atom. The summed E-state index contributed by atoms with van der Waals surface area (Å²) >= 11 is 0. The molecule has 2 aliphatic heterocycles. The summed E-state index contributed by atoms with van der Waals surface area (Å²) < 4.78 is 27.4. The fourth-order valence-corrected chi connectivity index (χ4v) is 4.93. The van der Waals surface area contributed by atoms with E-state index >= 15 is 0 Å². The highest BCUT2D eigenvalue weighted by atomic mass is 19.1. The molecule has 1 amide bonds. The van der Waals surface area contributed by atoms with Gasteiger partial charge in [0.2, 0.25) is 5.91 Å². The van der Waals surface area contributed by atoms with Gasteiger partial charge in [-0.15, -0.1) is 0 Å². The van der Waals surface area contributed by atoms with E-state index in [0.717, 1.165) is 17.7 Å². The number of hydrogen-bond acceptors (Lipinski definition) is 3. The van der Waals surface area contributed by atoms with Crippen LogP contribution in [0.5, 0.6) is 0 Å². The van der Waals surface area contributed by atoms with Gasteiger partial charge in [0.1, 0.15) is 11.6 Å². The number of amides is 1. The van der Waals surface area contributed by atoms with Gasteiger partial charge in [0.15, 0.2) is 0 Å². The van der Waals surface area contributed by atoms with Crippen LogP contribution in [0.15, 0.2) is 48.5 Å². The summed E-state index contributed by atoms with van der Waals surface area (Å²) in [7, 11) is 0. The molecule has 0 aromatic heterocycles. The van der Waals surface area contributed by atoms with E-state index in [2.05, 4.69) is 0 Å². The van der Waals surface area contributed by atoms with E-state index in [9.17, 15) is 18.7 Å². The zero-order valence-corrected chi connectivity index (χ0v) is 15.1. The van der Waals surface area contributed by atoms with Crippen LogP contribution in [-0.2, 0) is 11.3 Å². The summed E-state index contributed by atoms with van der Waals surface area (Å²) in [5.74, 6) is -0.931. The summed E-state index contributed by atoms with van der Waals surface area (Å²) in [6, 6.07) is 13.1. The summed E-state index contributed by atoms with van der Waals surface area (Å²) in [6.07, 6.45) is 0. The van der Waals surface area contributed by atoms with E-state index < -0.39 is 17.2 Å². The highest BCUT2D eigenvalue weighted by Crippen LogP contribution is 2.54. The number of halogens is 2. The standard InChI is InChI=1S/C21H22F2N2O2/c1-14(27)25-19(11-26)20(15-5-3-2-4-6-15)21(25)12-24(13-21)10-16-9-17(22)7-8-18(16)23/h2-9,19-20,26H,10-13H2,1H3/t19-,20+/m0/s1. The zero-order chi connectivity index (χ0) is 19.2. The summed E-state index contributed by atoms with van der Waals surface area (Å²) in [4.78, 5) is 16.0. The third kappa shape index (κ3) is 2.84. The molecule has 27 heavy (non-hydrogen) atoms. The Hall–Kier alpha value is -2.31. The van der Waals surface area contributed by atoms with E-state index in [1.54, 1.807) is 4.90 Å². The quantitative estimate of drug-likeness (QED) is 0.897. The number of likely N-dealkylation sites (tertiary alicyclic amines) is 2. The van der Waals surface area contributed by atoms with Crippen molar-refractivity contribution in [2.75, 3.05) is 19.7 Å². The Kier molecular flexibility index (Phi) is 4.48. The maximum Gasteiger partial charge on any atom is 0.220 e. The van der Waals surface area contributed by atoms with Crippen LogP contribution in [-0.4, -0.2) is 52.1 Å². The van der Waals surface area contributed by atoms with Crippen LogP contribution in [0.3, 0.4) is 0 Å². The lowest BCUT2D eigenvalue weighted by Crippen LogP contribution is -2.85. The fraction of sp³-hybridized carbons (Fsp3) is 0.381. The number of carbonyl (C=O) groups is 1. The highest BCUT2D eigenvalue weighted by Gasteiger charge is 2.66. The molecule has 1 N–H and O–H groups in total. The molecule has 1 spiro atoms. The molecule has 2 heterocycles. The average molecular weight is 372 g/mol. The first kappa shape index (κ1) is 18.1. The van der Waals surface area contributed by atoms with Crippen molar-refractivity contribution in [3.05, 3.63) is 71.3 Å². The van der Waals surface area contributed by atoms with Crippen LogP contribution < -0.4 is 0 Å². The number of rotatable bonds is 4. The van der Waals surface area contributed by atoms with Gasteiger partial charge >= 0.3 is 0 Å².